The van der Waals surface area contributed by atoms with Gasteiger partial charge in [0.25, 0.3) is 0 Å². The number of hydrogen-bond acceptors (Lipinski definition) is 13. The number of aromatic nitrogens is 6. The van der Waals surface area contributed by atoms with Crippen LogP contribution in [-0.2, 0) is 24.0 Å². The Labute approximate surface area is 435 Å². The number of rotatable bonds is 14. The maximum Gasteiger partial charge on any atom is 0.417 e. The number of aryl methyl sites for hydroxylation is 1. The number of alkyl halides is 4. The van der Waals surface area contributed by atoms with Gasteiger partial charge in [0.2, 0.25) is 5.88 Å². The number of methoxy groups -OCH3 is 2. The Bertz CT molecular complexity index is 3200. The SMILES string of the molecule is COc1ccc(CN(Cc2ccc(OC)cc2)c2ncc(Cl)cc2[C@@H](C)N2c3nc(OC[C@@]45CCCN4C[C@H](F)C5)nc4c(F)c(-c5c(C(F)(F)F)c(C)cc6c5cnn6C5CCCCO5)nc(c34)OC[C@@H]2C)cc1. The van der Waals surface area contributed by atoms with Gasteiger partial charge in [0.15, 0.2) is 12.0 Å². The van der Waals surface area contributed by atoms with Crippen molar-refractivity contribution >= 4 is 45.0 Å². The van der Waals surface area contributed by atoms with E-state index in [2.05, 4.69) is 14.9 Å². The summed E-state index contributed by atoms with van der Waals surface area (Å²) in [6, 6.07) is 17.3. The van der Waals surface area contributed by atoms with Gasteiger partial charge >= 0.3 is 12.2 Å². The van der Waals surface area contributed by atoms with Crippen LogP contribution in [0.5, 0.6) is 23.4 Å². The zero-order valence-electron chi connectivity index (χ0n) is 42.3. The summed E-state index contributed by atoms with van der Waals surface area (Å²) in [5.74, 6) is 0.843. The lowest BCUT2D eigenvalue weighted by Gasteiger charge is -2.37. The molecule has 394 valence electrons. The summed E-state index contributed by atoms with van der Waals surface area (Å²) in [7, 11) is 3.23. The van der Waals surface area contributed by atoms with Crippen LogP contribution in [-0.4, -0.2) is 99.5 Å². The highest BCUT2D eigenvalue weighted by Crippen LogP contribution is 2.49. The molecule has 11 rings (SSSR count). The van der Waals surface area contributed by atoms with E-state index in [0.717, 1.165) is 30.4 Å². The molecule has 20 heteroatoms. The monoisotopic (exact) mass is 1050 g/mol. The molecule has 4 aromatic heterocycles. The smallest absolute Gasteiger partial charge is 0.417 e. The molecule has 5 atom stereocenters. The Morgan fingerprint density at radius 1 is 0.947 bits per heavy atom. The summed E-state index contributed by atoms with van der Waals surface area (Å²) < 4.78 is 111. The van der Waals surface area contributed by atoms with E-state index in [1.807, 2.05) is 73.3 Å². The van der Waals surface area contributed by atoms with Crippen LogP contribution in [0.25, 0.3) is 33.1 Å². The number of ether oxygens (including phenoxy) is 5. The number of anilines is 2. The molecule has 14 nitrogen and oxygen atoms in total. The summed E-state index contributed by atoms with van der Waals surface area (Å²) >= 11 is 6.86. The lowest BCUT2D eigenvalue weighted by Crippen LogP contribution is -2.43. The average molecular weight is 1050 g/mol. The number of hydrogen-bond donors (Lipinski definition) is 0. The fraction of sp³-hybridized carbons (Fsp3) is 0.436. The highest BCUT2D eigenvalue weighted by molar-refractivity contribution is 6.30. The van der Waals surface area contributed by atoms with Crippen molar-refractivity contribution in [2.45, 2.75) is 109 Å². The van der Waals surface area contributed by atoms with E-state index in [1.165, 1.54) is 19.2 Å². The topological polar surface area (TPSA) is 125 Å². The van der Waals surface area contributed by atoms with Gasteiger partial charge in [-0.1, -0.05) is 35.9 Å². The first-order chi connectivity index (χ1) is 36.1. The number of benzene rings is 3. The zero-order valence-corrected chi connectivity index (χ0v) is 43.0. The number of nitrogens with zero attached hydrogens (tertiary/aromatic N) is 9. The van der Waals surface area contributed by atoms with Crippen LogP contribution in [0, 0.1) is 12.7 Å². The molecule has 8 heterocycles. The summed E-state index contributed by atoms with van der Waals surface area (Å²) in [6.07, 6.45) is 0.407. The van der Waals surface area contributed by atoms with Gasteiger partial charge in [-0.3, -0.25) is 4.90 Å². The van der Waals surface area contributed by atoms with Crippen molar-refractivity contribution in [3.05, 3.63) is 112 Å². The molecular weight excluding hydrogens is 997 g/mol. The molecule has 0 bridgehead atoms. The predicted molar refractivity (Wildman–Crippen MR) is 274 cm³/mol. The van der Waals surface area contributed by atoms with E-state index < -0.39 is 58.8 Å². The lowest BCUT2D eigenvalue weighted by molar-refractivity contribution is -0.137. The molecule has 3 aromatic carbocycles. The third-order valence-corrected chi connectivity index (χ3v) is 15.5. The molecule has 4 aliphatic heterocycles. The summed E-state index contributed by atoms with van der Waals surface area (Å²) in [6.45, 7) is 7.39. The molecule has 0 aliphatic carbocycles. The van der Waals surface area contributed by atoms with Gasteiger partial charge in [0, 0.05) is 55.4 Å². The van der Waals surface area contributed by atoms with E-state index in [1.54, 1.807) is 25.1 Å². The molecule has 0 N–H and O–H groups in total. The quantitative estimate of drug-likeness (QED) is 0.0961. The molecule has 0 saturated carbocycles. The lowest BCUT2D eigenvalue weighted by atomic mass is 9.94. The summed E-state index contributed by atoms with van der Waals surface area (Å²) in [5, 5.41) is 4.95. The van der Waals surface area contributed by atoms with Crippen molar-refractivity contribution in [1.29, 1.82) is 0 Å². The van der Waals surface area contributed by atoms with Crippen LogP contribution in [0.4, 0.5) is 33.6 Å². The molecule has 0 radical (unpaired) electrons. The van der Waals surface area contributed by atoms with E-state index in [4.69, 9.17) is 55.2 Å². The van der Waals surface area contributed by atoms with E-state index in [9.17, 15) is 0 Å². The van der Waals surface area contributed by atoms with Crippen LogP contribution in [0.2, 0.25) is 5.02 Å². The Hall–Kier alpha value is -6.57. The van der Waals surface area contributed by atoms with Crippen molar-refractivity contribution in [2.75, 3.05) is 56.9 Å². The minimum Gasteiger partial charge on any atom is -0.497 e. The first-order valence-electron chi connectivity index (χ1n) is 25.3. The van der Waals surface area contributed by atoms with E-state index in [0.29, 0.717) is 72.5 Å². The van der Waals surface area contributed by atoms with Gasteiger partial charge in [-0.25, -0.2) is 23.4 Å². The largest absolute Gasteiger partial charge is 0.497 e. The van der Waals surface area contributed by atoms with Crippen LogP contribution < -0.4 is 28.7 Å². The van der Waals surface area contributed by atoms with Gasteiger partial charge in [0.1, 0.15) is 59.1 Å². The Kier molecular flexibility index (Phi) is 13.6. The van der Waals surface area contributed by atoms with E-state index >= 15 is 22.0 Å². The first-order valence-corrected chi connectivity index (χ1v) is 25.7. The zero-order chi connectivity index (χ0) is 52.3. The molecule has 3 saturated heterocycles. The molecule has 1 unspecified atom stereocenters. The predicted octanol–water partition coefficient (Wildman–Crippen LogP) is 11.8. The standard InChI is InChI=1S/C55H57ClF5N9O5/c1-31-21-42-41(25-63-70(42)43-9-6-7-20-73-43)44(46(31)55(59,60)61)48-47(58)49-45-51(66-53(65-49)75-30-54-18-8-19-68(54)28-37(57)23-54)69(32(2)29-74-52(45)64-48)33(3)40-22-36(56)24-62-50(40)67(26-34-10-14-38(71-4)15-11-34)27-35-12-16-39(72-5)17-13-35/h10-17,21-22,24-25,32-33,37,43H,6-9,18-20,23,26-30H2,1-5H3/t32-,33+,37+,43?,54-/m0/s1. The van der Waals surface area contributed by atoms with Crippen LogP contribution >= 0.6 is 11.6 Å². The molecule has 3 fully saturated rings. The summed E-state index contributed by atoms with van der Waals surface area (Å²) in [4.78, 5) is 25.6. The van der Waals surface area contributed by atoms with Crippen LogP contribution in [0.3, 0.4) is 0 Å². The maximum absolute atomic E-state index is 18.3. The van der Waals surface area contributed by atoms with Crippen LogP contribution in [0.15, 0.2) is 73.1 Å². The fourth-order valence-electron chi connectivity index (χ4n) is 11.7. The Morgan fingerprint density at radius 2 is 1.67 bits per heavy atom. The molecule has 0 spiro atoms. The van der Waals surface area contributed by atoms with Crippen molar-refractivity contribution in [3.63, 3.8) is 0 Å². The minimum atomic E-state index is -4.94. The molecule has 7 aromatic rings. The van der Waals surface area contributed by atoms with Crippen LogP contribution in [0.1, 0.15) is 92.5 Å². The number of fused-ring (bicyclic) bond motifs is 2. The highest BCUT2D eigenvalue weighted by Gasteiger charge is 2.50. The number of pyridine rings is 2. The third kappa shape index (κ3) is 9.49. The minimum absolute atomic E-state index is 0.000417. The van der Waals surface area contributed by atoms with Gasteiger partial charge in [0.05, 0.1) is 54.1 Å². The maximum atomic E-state index is 18.3. The first kappa shape index (κ1) is 50.6. The third-order valence-electron chi connectivity index (χ3n) is 15.3. The average Bonchev–Trinajstić information content (AvgIpc) is 4.07. The fourth-order valence-corrected chi connectivity index (χ4v) is 11.8. The second kappa shape index (κ2) is 20.2. The van der Waals surface area contributed by atoms with Gasteiger partial charge < -0.3 is 33.5 Å². The highest BCUT2D eigenvalue weighted by atomic mass is 35.5. The summed E-state index contributed by atoms with van der Waals surface area (Å²) in [5.41, 5.74) is -0.420. The number of halogens is 6. The van der Waals surface area contributed by atoms with E-state index in [-0.39, 0.29) is 65.7 Å². The van der Waals surface area contributed by atoms with Crippen molar-refractivity contribution < 1.29 is 45.6 Å². The second-order valence-corrected chi connectivity index (χ2v) is 20.6. The molecule has 0 amide bonds. The molecule has 75 heavy (non-hydrogen) atoms. The second-order valence-electron chi connectivity index (χ2n) is 20.1. The van der Waals surface area contributed by atoms with Gasteiger partial charge in [-0.15, -0.1) is 0 Å². The molecular formula is C55H57ClF5N9O5. The van der Waals surface area contributed by atoms with Crippen molar-refractivity contribution in [3.8, 4) is 34.6 Å². The Morgan fingerprint density at radius 3 is 2.33 bits per heavy atom. The van der Waals surface area contributed by atoms with Crippen molar-refractivity contribution in [1.82, 2.24) is 34.6 Å². The normalized spacial score (nSPS) is 21.3. The Balaban J connectivity index is 1.09. The van der Waals surface area contributed by atoms with Gasteiger partial charge in [-0.05, 0) is 113 Å². The molecule has 4 aliphatic rings. The van der Waals surface area contributed by atoms with Gasteiger partial charge in [-0.2, -0.15) is 28.2 Å². The van der Waals surface area contributed by atoms with Crippen molar-refractivity contribution in [2.24, 2.45) is 0 Å².